The molecule has 0 atom stereocenters. The van der Waals surface area contributed by atoms with E-state index in [4.69, 9.17) is 0 Å². The predicted octanol–water partition coefficient (Wildman–Crippen LogP) is 6.39. The van der Waals surface area contributed by atoms with E-state index in [1.165, 1.54) is 12.5 Å². The Hall–Kier alpha value is -4.17. The molecule has 174 valence electrons. The lowest BCUT2D eigenvalue weighted by Crippen LogP contribution is -1.96. The van der Waals surface area contributed by atoms with Gasteiger partial charge in [-0.1, -0.05) is 24.3 Å². The van der Waals surface area contributed by atoms with Crippen LogP contribution in [0.3, 0.4) is 0 Å². The van der Waals surface area contributed by atoms with Crippen LogP contribution in [-0.2, 0) is 9.84 Å². The first-order chi connectivity index (χ1) is 16.8. The average Bonchev–Trinajstić information content (AvgIpc) is 2.85. The van der Waals surface area contributed by atoms with E-state index >= 15 is 0 Å². The lowest BCUT2D eigenvalue weighted by molar-refractivity contribution is 0.602. The molecule has 0 bridgehead atoms. The third-order valence-electron chi connectivity index (χ3n) is 5.60. The molecule has 2 heterocycles. The topological polar surface area (TPSA) is 72.0 Å². The van der Waals surface area contributed by atoms with Crippen molar-refractivity contribution in [3.05, 3.63) is 103 Å². The zero-order chi connectivity index (χ0) is 24.6. The van der Waals surface area contributed by atoms with E-state index in [2.05, 4.69) is 15.3 Å². The number of hydrogen-bond acceptors (Lipinski definition) is 5. The van der Waals surface area contributed by atoms with Gasteiger partial charge >= 0.3 is 0 Å². The molecule has 0 radical (unpaired) electrons. The Morgan fingerprint density at radius 3 is 2.29 bits per heavy atom. The van der Waals surface area contributed by atoms with E-state index in [0.717, 1.165) is 45.9 Å². The highest BCUT2D eigenvalue weighted by atomic mass is 32.2. The Labute approximate surface area is 201 Å². The molecule has 5 nitrogen and oxygen atoms in total. The molecule has 0 saturated carbocycles. The first-order valence-electron chi connectivity index (χ1n) is 10.7. The van der Waals surface area contributed by atoms with Gasteiger partial charge in [0.2, 0.25) is 0 Å². The van der Waals surface area contributed by atoms with E-state index in [1.54, 1.807) is 42.6 Å². The van der Waals surface area contributed by atoms with Crippen molar-refractivity contribution in [2.24, 2.45) is 0 Å². The van der Waals surface area contributed by atoms with Crippen molar-refractivity contribution in [3.8, 4) is 22.4 Å². The van der Waals surface area contributed by atoms with E-state index < -0.39 is 21.5 Å². The van der Waals surface area contributed by atoms with Crippen molar-refractivity contribution >= 4 is 32.1 Å². The summed E-state index contributed by atoms with van der Waals surface area (Å²) in [6, 6.07) is 21.0. The fourth-order valence-electron chi connectivity index (χ4n) is 3.84. The number of nitrogens with one attached hydrogen (secondary N) is 1. The van der Waals surface area contributed by atoms with Crippen LogP contribution in [-0.4, -0.2) is 24.6 Å². The van der Waals surface area contributed by atoms with E-state index in [-0.39, 0.29) is 10.5 Å². The molecular formula is C27H19F2N3O2S. The molecule has 0 spiro atoms. The van der Waals surface area contributed by atoms with Crippen LogP contribution in [0.5, 0.6) is 0 Å². The van der Waals surface area contributed by atoms with Crippen LogP contribution in [0.4, 0.5) is 20.2 Å². The van der Waals surface area contributed by atoms with Crippen molar-refractivity contribution in [1.82, 2.24) is 9.97 Å². The summed E-state index contributed by atoms with van der Waals surface area (Å²) < 4.78 is 51.3. The molecule has 5 aromatic rings. The number of benzene rings is 3. The Kier molecular flexibility index (Phi) is 5.74. The number of pyridine rings is 2. The minimum Gasteiger partial charge on any atom is -0.355 e. The second-order valence-corrected chi connectivity index (χ2v) is 10.1. The van der Waals surface area contributed by atoms with Gasteiger partial charge in [0.25, 0.3) is 0 Å². The summed E-state index contributed by atoms with van der Waals surface area (Å²) >= 11 is 0. The zero-order valence-electron chi connectivity index (χ0n) is 18.5. The van der Waals surface area contributed by atoms with E-state index in [9.17, 15) is 17.2 Å². The molecule has 2 aromatic heterocycles. The summed E-state index contributed by atoms with van der Waals surface area (Å²) in [5, 5.41) is 4.17. The monoisotopic (exact) mass is 487 g/mol. The van der Waals surface area contributed by atoms with Gasteiger partial charge in [0.1, 0.15) is 11.6 Å². The molecule has 5 rings (SSSR count). The molecule has 0 aliphatic heterocycles. The minimum atomic E-state index is -3.26. The largest absolute Gasteiger partial charge is 0.355 e. The lowest BCUT2D eigenvalue weighted by atomic mass is 10.0. The smallest absolute Gasteiger partial charge is 0.175 e. The molecule has 0 amide bonds. The van der Waals surface area contributed by atoms with Crippen molar-refractivity contribution in [1.29, 1.82) is 0 Å². The summed E-state index contributed by atoms with van der Waals surface area (Å²) in [6.45, 7) is 0. The molecule has 0 fully saturated rings. The van der Waals surface area contributed by atoms with Gasteiger partial charge < -0.3 is 5.32 Å². The Bertz CT molecular complexity index is 1670. The normalized spacial score (nSPS) is 11.5. The van der Waals surface area contributed by atoms with Crippen LogP contribution in [0, 0.1) is 11.6 Å². The molecular weight excluding hydrogens is 468 g/mol. The summed E-state index contributed by atoms with van der Waals surface area (Å²) in [5.74, 6) is -1.09. The number of fused-ring (bicyclic) bond motifs is 1. The fraction of sp³-hybridized carbons (Fsp3) is 0.0370. The average molecular weight is 488 g/mol. The number of halogens is 2. The highest BCUT2D eigenvalue weighted by Crippen LogP contribution is 2.31. The molecule has 0 aliphatic rings. The van der Waals surface area contributed by atoms with Gasteiger partial charge in [-0.25, -0.2) is 17.2 Å². The predicted molar refractivity (Wildman–Crippen MR) is 133 cm³/mol. The number of nitrogens with zero attached hydrogens (tertiary/aromatic N) is 2. The molecule has 0 saturated heterocycles. The van der Waals surface area contributed by atoms with E-state index in [1.807, 2.05) is 24.3 Å². The summed E-state index contributed by atoms with van der Waals surface area (Å²) in [5.41, 5.74) is 4.35. The third kappa shape index (κ3) is 4.74. The molecule has 1 N–H and O–H groups in total. The first kappa shape index (κ1) is 22.6. The minimum absolute atomic E-state index is 0.0831. The third-order valence-corrected chi connectivity index (χ3v) is 6.73. The Morgan fingerprint density at radius 2 is 1.51 bits per heavy atom. The van der Waals surface area contributed by atoms with Gasteiger partial charge in [-0.05, 0) is 65.7 Å². The number of rotatable bonds is 5. The summed E-state index contributed by atoms with van der Waals surface area (Å²) in [4.78, 5) is 8.92. The van der Waals surface area contributed by atoms with Crippen molar-refractivity contribution in [2.45, 2.75) is 4.90 Å². The van der Waals surface area contributed by atoms with Gasteiger partial charge in [0.05, 0.1) is 16.1 Å². The Morgan fingerprint density at radius 1 is 0.771 bits per heavy atom. The van der Waals surface area contributed by atoms with Crippen molar-refractivity contribution < 1.29 is 17.2 Å². The van der Waals surface area contributed by atoms with Crippen molar-refractivity contribution in [3.63, 3.8) is 0 Å². The van der Waals surface area contributed by atoms with Gasteiger partial charge in [0, 0.05) is 41.0 Å². The first-order valence-corrected chi connectivity index (χ1v) is 12.5. The molecule has 35 heavy (non-hydrogen) atoms. The second kappa shape index (κ2) is 8.88. The standard InChI is InChI=1S/C27H19F2N3O2S/c1-35(33,34)21-6-2-17(3-7-21)18-4-8-22-25(11-13-31-26(22)14-18)32-20-10-12-30-27(16-20)23-15-19(28)5-9-24(23)29/h2-16H,1H3,(H,30,31,32). The van der Waals surface area contributed by atoms with Crippen LogP contribution in [0.15, 0.2) is 96.2 Å². The van der Waals surface area contributed by atoms with Crippen molar-refractivity contribution in [2.75, 3.05) is 11.6 Å². The Balaban J connectivity index is 1.47. The van der Waals surface area contributed by atoms with Gasteiger partial charge in [0.15, 0.2) is 9.84 Å². The number of aromatic nitrogens is 2. The van der Waals surface area contributed by atoms with E-state index in [0.29, 0.717) is 11.4 Å². The van der Waals surface area contributed by atoms with Gasteiger partial charge in [-0.15, -0.1) is 0 Å². The van der Waals surface area contributed by atoms with Crippen LogP contribution in [0.2, 0.25) is 0 Å². The SMILES string of the molecule is CS(=O)(=O)c1ccc(-c2ccc3c(Nc4ccnc(-c5cc(F)ccc5F)c4)ccnc3c2)cc1. The van der Waals surface area contributed by atoms with Gasteiger partial charge in [-0.3, -0.25) is 9.97 Å². The summed E-state index contributed by atoms with van der Waals surface area (Å²) in [6.07, 6.45) is 4.38. The fourth-order valence-corrected chi connectivity index (χ4v) is 4.47. The van der Waals surface area contributed by atoms with Crippen LogP contribution >= 0.6 is 0 Å². The zero-order valence-corrected chi connectivity index (χ0v) is 19.4. The second-order valence-electron chi connectivity index (χ2n) is 8.07. The molecule has 3 aromatic carbocycles. The maximum absolute atomic E-state index is 14.2. The van der Waals surface area contributed by atoms with Gasteiger partial charge in [-0.2, -0.15) is 0 Å². The highest BCUT2D eigenvalue weighted by Gasteiger charge is 2.11. The highest BCUT2D eigenvalue weighted by molar-refractivity contribution is 7.90. The lowest BCUT2D eigenvalue weighted by Gasteiger charge is -2.12. The summed E-state index contributed by atoms with van der Waals surface area (Å²) in [7, 11) is -3.26. The number of sulfone groups is 1. The number of hydrogen-bond donors (Lipinski definition) is 1. The maximum Gasteiger partial charge on any atom is 0.175 e. The number of anilines is 2. The van der Waals surface area contributed by atoms with Crippen LogP contribution in [0.25, 0.3) is 33.3 Å². The molecule has 8 heteroatoms. The van der Waals surface area contributed by atoms with Crippen LogP contribution < -0.4 is 5.32 Å². The molecule has 0 unspecified atom stereocenters. The quantitative estimate of drug-likeness (QED) is 0.311. The van der Waals surface area contributed by atoms with Crippen LogP contribution in [0.1, 0.15) is 0 Å². The maximum atomic E-state index is 14.2. The molecule has 0 aliphatic carbocycles.